The van der Waals surface area contributed by atoms with Gasteiger partial charge in [-0.05, 0) is 30.3 Å². The highest BCUT2D eigenvalue weighted by Crippen LogP contribution is 2.31. The Kier molecular flexibility index (Phi) is 3.48. The summed E-state index contributed by atoms with van der Waals surface area (Å²) in [4.78, 5) is 14.9. The molecule has 0 amide bonds. The van der Waals surface area contributed by atoms with Crippen LogP contribution in [0, 0.1) is 0 Å². The number of aromatic nitrogens is 1. The Morgan fingerprint density at radius 1 is 1.33 bits per heavy atom. The molecule has 0 aliphatic carbocycles. The van der Waals surface area contributed by atoms with E-state index in [1.807, 2.05) is 0 Å². The van der Waals surface area contributed by atoms with Crippen LogP contribution in [0.3, 0.4) is 0 Å². The average molecular weight is 264 g/mol. The number of carboxylic acids is 1. The van der Waals surface area contributed by atoms with Crippen molar-refractivity contribution in [1.82, 2.24) is 4.98 Å². The highest BCUT2D eigenvalue weighted by Gasteiger charge is 2.10. The lowest BCUT2D eigenvalue weighted by Gasteiger charge is -2.08. The van der Waals surface area contributed by atoms with Crippen molar-refractivity contribution in [2.75, 3.05) is 7.11 Å². The number of methoxy groups -OCH3 is 1. The quantitative estimate of drug-likeness (QED) is 0.924. The average Bonchev–Trinajstić information content (AvgIpc) is 2.38. The van der Waals surface area contributed by atoms with Crippen molar-refractivity contribution >= 4 is 17.6 Å². The van der Waals surface area contributed by atoms with Crippen molar-refractivity contribution in [1.29, 1.82) is 0 Å². The summed E-state index contributed by atoms with van der Waals surface area (Å²) < 4.78 is 5.21. The first-order valence-electron chi connectivity index (χ1n) is 5.16. The minimum absolute atomic E-state index is 0.00972. The van der Waals surface area contributed by atoms with E-state index in [9.17, 15) is 4.79 Å². The van der Waals surface area contributed by atoms with Gasteiger partial charge in [0.25, 0.3) is 0 Å². The van der Waals surface area contributed by atoms with Crippen LogP contribution in [0.5, 0.6) is 5.75 Å². The maximum atomic E-state index is 10.9. The van der Waals surface area contributed by atoms with Crippen LogP contribution in [0.15, 0.2) is 36.4 Å². The number of rotatable bonds is 3. The van der Waals surface area contributed by atoms with Crippen molar-refractivity contribution in [2.24, 2.45) is 0 Å². The molecule has 2 aromatic rings. The van der Waals surface area contributed by atoms with E-state index >= 15 is 0 Å². The van der Waals surface area contributed by atoms with Gasteiger partial charge in [0.2, 0.25) is 0 Å². The molecule has 0 unspecified atom stereocenters. The molecule has 5 heteroatoms. The van der Waals surface area contributed by atoms with Crippen LogP contribution in [0.25, 0.3) is 11.3 Å². The van der Waals surface area contributed by atoms with Gasteiger partial charge in [-0.2, -0.15) is 0 Å². The van der Waals surface area contributed by atoms with Gasteiger partial charge in [-0.1, -0.05) is 17.7 Å². The van der Waals surface area contributed by atoms with Crippen LogP contribution < -0.4 is 4.74 Å². The Hall–Kier alpha value is -2.07. The lowest BCUT2D eigenvalue weighted by atomic mass is 10.1. The number of aromatic carboxylic acids is 1. The van der Waals surface area contributed by atoms with E-state index in [0.717, 1.165) is 0 Å². The van der Waals surface area contributed by atoms with E-state index in [1.165, 1.54) is 13.2 Å². The molecule has 18 heavy (non-hydrogen) atoms. The molecule has 4 nitrogen and oxygen atoms in total. The second-order valence-electron chi connectivity index (χ2n) is 3.56. The molecule has 2 rings (SSSR count). The minimum atomic E-state index is -1.07. The van der Waals surface area contributed by atoms with Crippen LogP contribution in [0.2, 0.25) is 5.02 Å². The van der Waals surface area contributed by atoms with Gasteiger partial charge in [0.05, 0.1) is 12.8 Å². The number of nitrogens with zero attached hydrogens (tertiary/aromatic N) is 1. The predicted octanol–water partition coefficient (Wildman–Crippen LogP) is 3.11. The van der Waals surface area contributed by atoms with E-state index in [-0.39, 0.29) is 5.69 Å². The summed E-state index contributed by atoms with van der Waals surface area (Å²) in [5.74, 6) is -0.512. The summed E-state index contributed by atoms with van der Waals surface area (Å²) in [5, 5.41) is 9.46. The SMILES string of the molecule is COc1cc(Cl)ccc1-c1cccc(C(=O)O)n1. The van der Waals surface area contributed by atoms with E-state index < -0.39 is 5.97 Å². The number of benzene rings is 1. The largest absolute Gasteiger partial charge is 0.496 e. The van der Waals surface area contributed by atoms with Crippen molar-refractivity contribution in [2.45, 2.75) is 0 Å². The molecule has 0 atom stereocenters. The van der Waals surface area contributed by atoms with Crippen LogP contribution in [-0.2, 0) is 0 Å². The fourth-order valence-electron chi connectivity index (χ4n) is 1.58. The molecule has 0 spiro atoms. The monoisotopic (exact) mass is 263 g/mol. The summed E-state index contributed by atoms with van der Waals surface area (Å²) in [7, 11) is 1.52. The number of hydrogen-bond donors (Lipinski definition) is 1. The van der Waals surface area contributed by atoms with E-state index in [0.29, 0.717) is 22.0 Å². The van der Waals surface area contributed by atoms with Crippen molar-refractivity contribution in [3.63, 3.8) is 0 Å². The van der Waals surface area contributed by atoms with Gasteiger partial charge in [-0.25, -0.2) is 9.78 Å². The number of pyridine rings is 1. The normalized spacial score (nSPS) is 10.1. The number of halogens is 1. The summed E-state index contributed by atoms with van der Waals surface area (Å²) in [6.07, 6.45) is 0. The molecule has 0 fully saturated rings. The molecule has 1 aromatic carbocycles. The Bertz CT molecular complexity index is 599. The Labute approximate surface area is 109 Å². The Morgan fingerprint density at radius 3 is 2.78 bits per heavy atom. The molecular formula is C13H10ClNO3. The number of carboxylic acid groups (broad SMARTS) is 1. The van der Waals surface area contributed by atoms with Crippen molar-refractivity contribution < 1.29 is 14.6 Å². The smallest absolute Gasteiger partial charge is 0.354 e. The van der Waals surface area contributed by atoms with Crippen LogP contribution in [0.4, 0.5) is 0 Å². The van der Waals surface area contributed by atoms with Gasteiger partial charge in [0.15, 0.2) is 0 Å². The van der Waals surface area contributed by atoms with Gasteiger partial charge < -0.3 is 9.84 Å². The summed E-state index contributed by atoms with van der Waals surface area (Å²) in [5.41, 5.74) is 1.22. The molecule has 1 N–H and O–H groups in total. The maximum Gasteiger partial charge on any atom is 0.354 e. The molecule has 0 saturated heterocycles. The first-order valence-corrected chi connectivity index (χ1v) is 5.54. The zero-order valence-electron chi connectivity index (χ0n) is 9.55. The first kappa shape index (κ1) is 12.4. The highest BCUT2D eigenvalue weighted by atomic mass is 35.5. The number of ether oxygens (including phenoxy) is 1. The third kappa shape index (κ3) is 2.43. The summed E-state index contributed by atoms with van der Waals surface area (Å²) in [6, 6.07) is 9.90. The number of hydrogen-bond acceptors (Lipinski definition) is 3. The topological polar surface area (TPSA) is 59.4 Å². The zero-order valence-corrected chi connectivity index (χ0v) is 10.3. The molecule has 92 valence electrons. The molecular weight excluding hydrogens is 254 g/mol. The summed E-state index contributed by atoms with van der Waals surface area (Å²) in [6.45, 7) is 0. The molecule has 0 aliphatic heterocycles. The third-order valence-electron chi connectivity index (χ3n) is 2.41. The molecule has 1 heterocycles. The second kappa shape index (κ2) is 5.06. The summed E-state index contributed by atoms with van der Waals surface area (Å²) >= 11 is 5.87. The second-order valence-corrected chi connectivity index (χ2v) is 3.99. The lowest BCUT2D eigenvalue weighted by molar-refractivity contribution is 0.0690. The highest BCUT2D eigenvalue weighted by molar-refractivity contribution is 6.30. The van der Waals surface area contributed by atoms with E-state index in [1.54, 1.807) is 30.3 Å². The standard InChI is InChI=1S/C13H10ClNO3/c1-18-12-7-8(14)5-6-9(12)10-3-2-4-11(15-10)13(16)17/h2-7H,1H3,(H,16,17). The van der Waals surface area contributed by atoms with Crippen LogP contribution in [0.1, 0.15) is 10.5 Å². The predicted molar refractivity (Wildman–Crippen MR) is 68.2 cm³/mol. The minimum Gasteiger partial charge on any atom is -0.496 e. The lowest BCUT2D eigenvalue weighted by Crippen LogP contribution is -2.01. The third-order valence-corrected chi connectivity index (χ3v) is 2.64. The first-order chi connectivity index (χ1) is 8.61. The van der Waals surface area contributed by atoms with Gasteiger partial charge in [0, 0.05) is 10.6 Å². The Morgan fingerprint density at radius 2 is 2.11 bits per heavy atom. The van der Waals surface area contributed by atoms with Gasteiger partial charge in [0.1, 0.15) is 11.4 Å². The zero-order chi connectivity index (χ0) is 13.1. The van der Waals surface area contributed by atoms with E-state index in [2.05, 4.69) is 4.98 Å². The molecule has 0 aliphatic rings. The molecule has 1 aromatic heterocycles. The molecule has 0 saturated carbocycles. The van der Waals surface area contributed by atoms with Crippen LogP contribution >= 0.6 is 11.6 Å². The fraction of sp³-hybridized carbons (Fsp3) is 0.0769. The molecule has 0 radical (unpaired) electrons. The number of carbonyl (C=O) groups is 1. The van der Waals surface area contributed by atoms with Crippen molar-refractivity contribution in [3.8, 4) is 17.0 Å². The van der Waals surface area contributed by atoms with E-state index in [4.69, 9.17) is 21.4 Å². The van der Waals surface area contributed by atoms with Gasteiger partial charge in [-0.3, -0.25) is 0 Å². The van der Waals surface area contributed by atoms with Crippen molar-refractivity contribution in [3.05, 3.63) is 47.1 Å². The van der Waals surface area contributed by atoms with Gasteiger partial charge >= 0.3 is 5.97 Å². The fourth-order valence-corrected chi connectivity index (χ4v) is 1.74. The maximum absolute atomic E-state index is 10.9. The Balaban J connectivity index is 2.54. The van der Waals surface area contributed by atoms with Gasteiger partial charge in [-0.15, -0.1) is 0 Å². The molecule has 0 bridgehead atoms. The van der Waals surface area contributed by atoms with Crippen LogP contribution in [-0.4, -0.2) is 23.2 Å².